The molecule has 0 spiro atoms. The van der Waals surface area contributed by atoms with Crippen molar-refractivity contribution in [1.82, 2.24) is 5.32 Å². The zero-order valence-corrected chi connectivity index (χ0v) is 16.3. The number of hydrogen-bond acceptors (Lipinski definition) is 5. The smallest absolute Gasteiger partial charge is 0.251 e. The molecule has 3 N–H and O–H groups in total. The lowest BCUT2D eigenvalue weighted by molar-refractivity contribution is -0.114. The Bertz CT molecular complexity index is 780. The van der Waals surface area contributed by atoms with Gasteiger partial charge in [0.15, 0.2) is 0 Å². The Hall–Kier alpha value is -3.06. The number of rotatable bonds is 11. The van der Waals surface area contributed by atoms with Gasteiger partial charge >= 0.3 is 0 Å². The van der Waals surface area contributed by atoms with Crippen molar-refractivity contribution in [2.75, 3.05) is 43.5 Å². The van der Waals surface area contributed by atoms with E-state index in [1.165, 1.54) is 0 Å². The van der Waals surface area contributed by atoms with Gasteiger partial charge in [-0.2, -0.15) is 0 Å². The molecular formula is C21H27N3O4. The monoisotopic (exact) mass is 385 g/mol. The Balaban J connectivity index is 1.84. The highest BCUT2D eigenvalue weighted by molar-refractivity contribution is 5.96. The quantitative estimate of drug-likeness (QED) is 0.518. The molecule has 2 amide bonds. The highest BCUT2D eigenvalue weighted by Gasteiger charge is 2.07. The number of amides is 2. The van der Waals surface area contributed by atoms with Crippen LogP contribution in [0.2, 0.25) is 0 Å². The Morgan fingerprint density at radius 1 is 0.964 bits per heavy atom. The Kier molecular flexibility index (Phi) is 8.81. The van der Waals surface area contributed by atoms with Gasteiger partial charge in [0.1, 0.15) is 12.4 Å². The first-order chi connectivity index (χ1) is 13.6. The lowest BCUT2D eigenvalue weighted by atomic mass is 10.2. The van der Waals surface area contributed by atoms with Gasteiger partial charge in [-0.05, 0) is 44.2 Å². The molecular weight excluding hydrogens is 358 g/mol. The van der Waals surface area contributed by atoms with E-state index in [1.54, 1.807) is 30.3 Å². The number of anilines is 2. The molecule has 0 heterocycles. The van der Waals surface area contributed by atoms with Gasteiger partial charge in [0.25, 0.3) is 5.91 Å². The zero-order valence-electron chi connectivity index (χ0n) is 16.3. The fourth-order valence-corrected chi connectivity index (χ4v) is 2.45. The number of hydrogen-bond donors (Lipinski definition) is 3. The van der Waals surface area contributed by atoms with Crippen molar-refractivity contribution in [3.63, 3.8) is 0 Å². The van der Waals surface area contributed by atoms with E-state index in [0.29, 0.717) is 49.1 Å². The third kappa shape index (κ3) is 7.28. The molecule has 0 radical (unpaired) electrons. The fourth-order valence-electron chi connectivity index (χ4n) is 2.45. The van der Waals surface area contributed by atoms with Crippen LogP contribution in [0.3, 0.4) is 0 Å². The van der Waals surface area contributed by atoms with Crippen molar-refractivity contribution in [3.8, 4) is 5.75 Å². The third-order valence-electron chi connectivity index (χ3n) is 3.73. The van der Waals surface area contributed by atoms with E-state index in [-0.39, 0.29) is 18.4 Å². The molecule has 2 aromatic rings. The highest BCUT2D eigenvalue weighted by atomic mass is 16.5. The van der Waals surface area contributed by atoms with E-state index in [2.05, 4.69) is 16.0 Å². The van der Waals surface area contributed by atoms with Gasteiger partial charge in [-0.3, -0.25) is 9.59 Å². The molecule has 0 aliphatic heterocycles. The predicted octanol–water partition coefficient (Wildman–Crippen LogP) is 2.90. The number of nitrogens with one attached hydrogen (secondary N) is 3. The second kappa shape index (κ2) is 11.6. The summed E-state index contributed by atoms with van der Waals surface area (Å²) in [6.45, 7) is 6.06. The minimum atomic E-state index is -0.199. The van der Waals surface area contributed by atoms with Crippen LogP contribution < -0.4 is 20.7 Å². The topological polar surface area (TPSA) is 88.7 Å². The summed E-state index contributed by atoms with van der Waals surface area (Å²) >= 11 is 0. The molecule has 28 heavy (non-hydrogen) atoms. The normalized spacial score (nSPS) is 10.2. The van der Waals surface area contributed by atoms with E-state index < -0.39 is 0 Å². The fraction of sp³-hybridized carbons (Fsp3) is 0.333. The van der Waals surface area contributed by atoms with Crippen LogP contribution in [0, 0.1) is 0 Å². The molecule has 2 rings (SSSR count). The minimum Gasteiger partial charge on any atom is -0.491 e. The Morgan fingerprint density at radius 3 is 2.54 bits per heavy atom. The maximum absolute atomic E-state index is 12.2. The van der Waals surface area contributed by atoms with Crippen molar-refractivity contribution in [1.29, 1.82) is 0 Å². The lowest BCUT2D eigenvalue weighted by Gasteiger charge is -2.11. The second-order valence-corrected chi connectivity index (χ2v) is 5.92. The van der Waals surface area contributed by atoms with Crippen molar-refractivity contribution < 1.29 is 19.1 Å². The van der Waals surface area contributed by atoms with Crippen molar-refractivity contribution >= 4 is 23.2 Å². The summed E-state index contributed by atoms with van der Waals surface area (Å²) in [6.07, 6.45) is 0. The second-order valence-electron chi connectivity index (χ2n) is 5.92. The average Bonchev–Trinajstić information content (AvgIpc) is 2.70. The van der Waals surface area contributed by atoms with E-state index in [0.717, 1.165) is 0 Å². The first kappa shape index (κ1) is 21.2. The molecule has 2 aromatic carbocycles. The first-order valence-electron chi connectivity index (χ1n) is 9.35. The Labute approximate surface area is 165 Å². The van der Waals surface area contributed by atoms with E-state index in [1.807, 2.05) is 32.0 Å². The summed E-state index contributed by atoms with van der Waals surface area (Å²) in [4.78, 5) is 24.1. The maximum atomic E-state index is 12.2. The molecule has 0 fully saturated rings. The SMILES string of the molecule is CCNC(=O)c1cccc(NCC(=O)Nc2cccc(OCCOCC)c2)c1. The molecule has 0 saturated heterocycles. The van der Waals surface area contributed by atoms with E-state index in [9.17, 15) is 9.59 Å². The van der Waals surface area contributed by atoms with Gasteiger partial charge in [-0.15, -0.1) is 0 Å². The van der Waals surface area contributed by atoms with Crippen LogP contribution in [0.25, 0.3) is 0 Å². The molecule has 7 nitrogen and oxygen atoms in total. The van der Waals surface area contributed by atoms with Gasteiger partial charge < -0.3 is 25.4 Å². The molecule has 0 aliphatic rings. The molecule has 0 bridgehead atoms. The first-order valence-corrected chi connectivity index (χ1v) is 9.35. The number of carbonyl (C=O) groups is 2. The molecule has 7 heteroatoms. The largest absolute Gasteiger partial charge is 0.491 e. The van der Waals surface area contributed by atoms with Crippen LogP contribution in [0.15, 0.2) is 48.5 Å². The molecule has 0 saturated carbocycles. The minimum absolute atomic E-state index is 0.0777. The summed E-state index contributed by atoms with van der Waals surface area (Å²) in [7, 11) is 0. The van der Waals surface area contributed by atoms with Gasteiger partial charge in [0.2, 0.25) is 5.91 Å². The van der Waals surface area contributed by atoms with Gasteiger partial charge in [0, 0.05) is 36.2 Å². The summed E-state index contributed by atoms with van der Waals surface area (Å²) in [5.41, 5.74) is 1.90. The summed E-state index contributed by atoms with van der Waals surface area (Å²) < 4.78 is 10.8. The van der Waals surface area contributed by atoms with Crippen LogP contribution in [0.4, 0.5) is 11.4 Å². The van der Waals surface area contributed by atoms with Crippen LogP contribution in [-0.2, 0) is 9.53 Å². The molecule has 0 aliphatic carbocycles. The zero-order chi connectivity index (χ0) is 20.2. The molecule has 0 unspecified atom stereocenters. The van der Waals surface area contributed by atoms with Gasteiger partial charge in [-0.25, -0.2) is 0 Å². The van der Waals surface area contributed by atoms with Crippen LogP contribution in [-0.4, -0.2) is 44.7 Å². The standard InChI is InChI=1S/C21H27N3O4/c1-3-22-21(26)16-7-5-8-17(13-16)23-15-20(25)24-18-9-6-10-19(14-18)28-12-11-27-4-2/h5-10,13-14,23H,3-4,11-12,15H2,1-2H3,(H,22,26)(H,24,25). The van der Waals surface area contributed by atoms with E-state index >= 15 is 0 Å². The average molecular weight is 385 g/mol. The molecule has 0 aromatic heterocycles. The van der Waals surface area contributed by atoms with Crippen molar-refractivity contribution in [2.24, 2.45) is 0 Å². The van der Waals surface area contributed by atoms with Crippen molar-refractivity contribution in [2.45, 2.75) is 13.8 Å². The predicted molar refractivity (Wildman–Crippen MR) is 110 cm³/mol. The third-order valence-corrected chi connectivity index (χ3v) is 3.73. The summed E-state index contributed by atoms with van der Waals surface area (Å²) in [5.74, 6) is 0.326. The summed E-state index contributed by atoms with van der Waals surface area (Å²) in [6, 6.07) is 14.2. The number of benzene rings is 2. The maximum Gasteiger partial charge on any atom is 0.251 e. The highest BCUT2D eigenvalue weighted by Crippen LogP contribution is 2.17. The molecule has 150 valence electrons. The van der Waals surface area contributed by atoms with E-state index in [4.69, 9.17) is 9.47 Å². The number of carbonyl (C=O) groups excluding carboxylic acids is 2. The lowest BCUT2D eigenvalue weighted by Crippen LogP contribution is -2.23. The Morgan fingerprint density at radius 2 is 1.75 bits per heavy atom. The van der Waals surface area contributed by atoms with Crippen molar-refractivity contribution in [3.05, 3.63) is 54.1 Å². The van der Waals surface area contributed by atoms with Gasteiger partial charge in [-0.1, -0.05) is 12.1 Å². The van der Waals surface area contributed by atoms with Crippen LogP contribution in [0.1, 0.15) is 24.2 Å². The summed E-state index contributed by atoms with van der Waals surface area (Å²) in [5, 5.41) is 8.59. The van der Waals surface area contributed by atoms with Crippen LogP contribution in [0.5, 0.6) is 5.75 Å². The number of ether oxygens (including phenoxy) is 2. The van der Waals surface area contributed by atoms with Crippen LogP contribution >= 0.6 is 0 Å². The van der Waals surface area contributed by atoms with Gasteiger partial charge in [0.05, 0.1) is 13.2 Å². The molecule has 0 atom stereocenters.